The third kappa shape index (κ3) is 9.59. The standard InChI is InChI=1S/C22H39O9PS/c1-8-9-10-17-16(11-15(12-33-17)18(23)24)32(27,30-13-28-19(25)21(2,3)4)31-14-29-20(26)22(5,6)7/h15-17H,8-14H2,1-7H3,(H,23,24)/t15-,16+,17+/m0/s1. The van der Waals surface area contributed by atoms with E-state index < -0.39 is 61.5 Å². The zero-order valence-electron chi connectivity index (χ0n) is 20.8. The molecule has 0 amide bonds. The Kier molecular flexibility index (Phi) is 11.4. The second-order valence-corrected chi connectivity index (χ2v) is 13.8. The second-order valence-electron chi connectivity index (χ2n) is 10.2. The number of unbranched alkanes of at least 4 members (excludes halogenated alkanes) is 1. The Bertz CT molecular complexity index is 690. The molecule has 0 aromatic heterocycles. The summed E-state index contributed by atoms with van der Waals surface area (Å²) in [6.45, 7) is 10.9. The Balaban J connectivity index is 3.08. The van der Waals surface area contributed by atoms with Gasteiger partial charge in [0.2, 0.25) is 13.6 Å². The van der Waals surface area contributed by atoms with Crippen molar-refractivity contribution < 1.29 is 42.6 Å². The molecular formula is C22H39O9PS. The van der Waals surface area contributed by atoms with Crippen molar-refractivity contribution in [1.82, 2.24) is 0 Å². The molecule has 192 valence electrons. The predicted molar refractivity (Wildman–Crippen MR) is 126 cm³/mol. The average molecular weight is 511 g/mol. The molecule has 1 N–H and O–H groups in total. The van der Waals surface area contributed by atoms with Crippen molar-refractivity contribution in [3.8, 4) is 0 Å². The lowest BCUT2D eigenvalue weighted by molar-refractivity contribution is -0.162. The molecule has 11 heteroatoms. The highest BCUT2D eigenvalue weighted by atomic mass is 32.2. The number of esters is 2. The van der Waals surface area contributed by atoms with Crippen LogP contribution in [-0.2, 0) is 37.5 Å². The molecule has 1 fully saturated rings. The molecule has 1 saturated heterocycles. The van der Waals surface area contributed by atoms with Gasteiger partial charge in [0.05, 0.1) is 22.4 Å². The summed E-state index contributed by atoms with van der Waals surface area (Å²) in [6.07, 6.45) is 2.58. The maximum absolute atomic E-state index is 13.9. The van der Waals surface area contributed by atoms with Gasteiger partial charge in [0.25, 0.3) is 0 Å². The summed E-state index contributed by atoms with van der Waals surface area (Å²) in [7, 11) is -4.02. The number of hydrogen-bond acceptors (Lipinski definition) is 9. The fourth-order valence-corrected chi connectivity index (χ4v) is 7.07. The number of ether oxygens (including phenoxy) is 2. The smallest absolute Gasteiger partial charge is 0.340 e. The number of thioether (sulfide) groups is 1. The predicted octanol–water partition coefficient (Wildman–Crippen LogP) is 5.07. The molecule has 1 rings (SSSR count). The molecule has 0 aromatic rings. The van der Waals surface area contributed by atoms with Crippen LogP contribution in [0, 0.1) is 16.7 Å². The molecule has 9 nitrogen and oxygen atoms in total. The van der Waals surface area contributed by atoms with Gasteiger partial charge in [0, 0.05) is 11.0 Å². The summed E-state index contributed by atoms with van der Waals surface area (Å²) in [5.41, 5.74) is -2.31. The summed E-state index contributed by atoms with van der Waals surface area (Å²) < 4.78 is 35.2. The van der Waals surface area contributed by atoms with Crippen LogP contribution in [0.4, 0.5) is 0 Å². The molecular weight excluding hydrogens is 471 g/mol. The van der Waals surface area contributed by atoms with Gasteiger partial charge in [-0.15, -0.1) is 0 Å². The van der Waals surface area contributed by atoms with E-state index >= 15 is 0 Å². The SMILES string of the molecule is CCCC[C@H]1SC[C@@H](C(=O)O)C[C@H]1P(=O)(OCOC(=O)C(C)(C)C)OCOC(=O)C(C)(C)C. The monoisotopic (exact) mass is 510 g/mol. The number of carbonyl (C=O) groups excluding carboxylic acids is 2. The van der Waals surface area contributed by atoms with E-state index in [1.807, 2.05) is 6.92 Å². The maximum Gasteiger partial charge on any atom is 0.340 e. The lowest BCUT2D eigenvalue weighted by Crippen LogP contribution is -2.37. The lowest BCUT2D eigenvalue weighted by atomic mass is 9.98. The van der Waals surface area contributed by atoms with Crippen LogP contribution >= 0.6 is 19.4 Å². The van der Waals surface area contributed by atoms with Crippen LogP contribution in [0.1, 0.15) is 74.1 Å². The van der Waals surface area contributed by atoms with E-state index in [-0.39, 0.29) is 11.7 Å². The third-order valence-corrected chi connectivity index (χ3v) is 9.24. The van der Waals surface area contributed by atoms with E-state index in [4.69, 9.17) is 18.5 Å². The van der Waals surface area contributed by atoms with Gasteiger partial charge in [-0.3, -0.25) is 28.0 Å². The summed E-state index contributed by atoms with van der Waals surface area (Å²) in [6, 6.07) is 0. The maximum atomic E-state index is 13.9. The number of aliphatic carboxylic acids is 1. The second kappa shape index (κ2) is 12.6. The zero-order chi connectivity index (χ0) is 25.4. The highest BCUT2D eigenvalue weighted by Crippen LogP contribution is 2.60. The Labute approximate surface area is 201 Å². The molecule has 33 heavy (non-hydrogen) atoms. The van der Waals surface area contributed by atoms with Crippen molar-refractivity contribution in [3.05, 3.63) is 0 Å². The highest BCUT2D eigenvalue weighted by Gasteiger charge is 2.47. The van der Waals surface area contributed by atoms with Gasteiger partial charge in [-0.1, -0.05) is 19.8 Å². The molecule has 3 atom stereocenters. The number of rotatable bonds is 11. The first-order valence-corrected chi connectivity index (χ1v) is 13.9. The molecule has 1 aliphatic heterocycles. The van der Waals surface area contributed by atoms with E-state index in [1.165, 1.54) is 11.8 Å². The first kappa shape index (κ1) is 29.9. The van der Waals surface area contributed by atoms with Crippen LogP contribution in [0.5, 0.6) is 0 Å². The molecule has 0 unspecified atom stereocenters. The van der Waals surface area contributed by atoms with Gasteiger partial charge in [-0.2, -0.15) is 11.8 Å². The third-order valence-electron chi connectivity index (χ3n) is 5.13. The van der Waals surface area contributed by atoms with Crippen molar-refractivity contribution in [3.63, 3.8) is 0 Å². The average Bonchev–Trinajstić information content (AvgIpc) is 2.70. The van der Waals surface area contributed by atoms with Crippen LogP contribution < -0.4 is 0 Å². The van der Waals surface area contributed by atoms with Crippen molar-refractivity contribution in [2.24, 2.45) is 16.7 Å². The largest absolute Gasteiger partial charge is 0.481 e. The summed E-state index contributed by atoms with van der Waals surface area (Å²) in [5, 5.41) is 9.37. The zero-order valence-corrected chi connectivity index (χ0v) is 22.5. The van der Waals surface area contributed by atoms with Crippen LogP contribution in [0.15, 0.2) is 0 Å². The lowest BCUT2D eigenvalue weighted by Gasteiger charge is -2.37. The fourth-order valence-electron chi connectivity index (χ4n) is 3.02. The topological polar surface area (TPSA) is 125 Å². The van der Waals surface area contributed by atoms with Crippen molar-refractivity contribution in [2.45, 2.75) is 85.1 Å². The number of hydrogen-bond donors (Lipinski definition) is 1. The van der Waals surface area contributed by atoms with Gasteiger partial charge in [-0.05, 0) is 54.4 Å². The van der Waals surface area contributed by atoms with E-state index in [1.54, 1.807) is 41.5 Å². The minimum atomic E-state index is -4.02. The molecule has 0 radical (unpaired) electrons. The van der Waals surface area contributed by atoms with Crippen molar-refractivity contribution in [2.75, 3.05) is 19.3 Å². The molecule has 0 spiro atoms. The van der Waals surface area contributed by atoms with E-state index in [0.717, 1.165) is 12.8 Å². The van der Waals surface area contributed by atoms with Gasteiger partial charge in [-0.25, -0.2) is 0 Å². The molecule has 1 heterocycles. The highest BCUT2D eigenvalue weighted by molar-refractivity contribution is 8.00. The Morgan fingerprint density at radius 2 is 1.45 bits per heavy atom. The van der Waals surface area contributed by atoms with Gasteiger partial charge in [0.15, 0.2) is 0 Å². The van der Waals surface area contributed by atoms with Gasteiger partial charge < -0.3 is 14.6 Å². The molecule has 0 bridgehead atoms. The first-order chi connectivity index (χ1) is 15.1. The van der Waals surface area contributed by atoms with E-state index in [0.29, 0.717) is 12.2 Å². The van der Waals surface area contributed by atoms with E-state index in [2.05, 4.69) is 0 Å². The summed E-state index contributed by atoms with van der Waals surface area (Å²) >= 11 is 1.43. The van der Waals surface area contributed by atoms with Gasteiger partial charge in [0.1, 0.15) is 0 Å². The van der Waals surface area contributed by atoms with Crippen LogP contribution in [-0.4, -0.2) is 53.3 Å². The Hall–Kier alpha value is -1.09. The molecule has 0 aromatic carbocycles. The number of carboxylic acid groups (broad SMARTS) is 1. The normalized spacial score (nSPS) is 22.0. The molecule has 0 saturated carbocycles. The van der Waals surface area contributed by atoms with Gasteiger partial charge >= 0.3 is 25.5 Å². The van der Waals surface area contributed by atoms with E-state index in [9.17, 15) is 24.1 Å². The van der Waals surface area contributed by atoms with Crippen LogP contribution in [0.3, 0.4) is 0 Å². The summed E-state index contributed by atoms with van der Waals surface area (Å²) in [4.78, 5) is 35.9. The molecule has 1 aliphatic rings. The minimum Gasteiger partial charge on any atom is -0.481 e. The Morgan fingerprint density at radius 3 is 1.85 bits per heavy atom. The minimum absolute atomic E-state index is 0.0917. The number of carboxylic acids is 1. The first-order valence-electron chi connectivity index (χ1n) is 11.2. The van der Waals surface area contributed by atoms with Crippen LogP contribution in [0.2, 0.25) is 0 Å². The summed E-state index contributed by atoms with van der Waals surface area (Å²) in [5.74, 6) is -2.38. The van der Waals surface area contributed by atoms with Crippen molar-refractivity contribution >= 4 is 37.3 Å². The quantitative estimate of drug-likeness (QED) is 0.229. The number of carbonyl (C=O) groups is 3. The van der Waals surface area contributed by atoms with Crippen LogP contribution in [0.25, 0.3) is 0 Å². The Morgan fingerprint density at radius 1 is 0.970 bits per heavy atom. The van der Waals surface area contributed by atoms with Crippen molar-refractivity contribution in [1.29, 1.82) is 0 Å². The molecule has 0 aliphatic carbocycles. The fraction of sp³-hybridized carbons (Fsp3) is 0.864.